The summed E-state index contributed by atoms with van der Waals surface area (Å²) >= 11 is 0. The Kier molecular flexibility index (Phi) is 6.02. The van der Waals surface area contributed by atoms with E-state index in [4.69, 9.17) is 0 Å². The summed E-state index contributed by atoms with van der Waals surface area (Å²) in [7, 11) is 0. The van der Waals surface area contributed by atoms with Crippen molar-refractivity contribution >= 4 is 0 Å². The molecule has 140 valence electrons. The van der Waals surface area contributed by atoms with Gasteiger partial charge in [-0.2, -0.15) is 13.2 Å². The highest BCUT2D eigenvalue weighted by Gasteiger charge is 2.35. The van der Waals surface area contributed by atoms with Crippen molar-refractivity contribution in [3.8, 4) is 0 Å². The molecule has 1 N–H and O–H groups in total. The highest BCUT2D eigenvalue weighted by molar-refractivity contribution is 5.29. The summed E-state index contributed by atoms with van der Waals surface area (Å²) in [4.78, 5) is 4.60. The molecule has 0 aromatic heterocycles. The smallest absolute Gasteiger partial charge is 0.396 e. The standard InChI is InChI=1S/C19H27F3N2O/c20-19(21,22)18-8-4-1-5-15(18)13-23-10-11-24(16-6-2-3-7-16)17(14-23)9-12-25/h1,4-5,8,16-17,25H,2-3,6-7,9-14H2/t17-/m1/s1. The lowest BCUT2D eigenvalue weighted by molar-refractivity contribution is -0.138. The van der Waals surface area contributed by atoms with E-state index in [1.165, 1.54) is 31.7 Å². The van der Waals surface area contributed by atoms with E-state index in [1.807, 2.05) is 0 Å². The molecule has 1 aromatic carbocycles. The quantitative estimate of drug-likeness (QED) is 0.875. The summed E-state index contributed by atoms with van der Waals surface area (Å²) in [6.45, 7) is 2.83. The fraction of sp³-hybridized carbons (Fsp3) is 0.684. The van der Waals surface area contributed by atoms with Crippen LogP contribution in [-0.2, 0) is 12.7 Å². The molecule has 1 aliphatic heterocycles. The fourth-order valence-corrected chi connectivity index (χ4v) is 4.38. The molecule has 25 heavy (non-hydrogen) atoms. The van der Waals surface area contributed by atoms with Crippen LogP contribution in [0.2, 0.25) is 0 Å². The van der Waals surface area contributed by atoms with Crippen molar-refractivity contribution in [3.63, 3.8) is 0 Å². The molecular weight excluding hydrogens is 329 g/mol. The number of hydrogen-bond acceptors (Lipinski definition) is 3. The third-order valence-electron chi connectivity index (χ3n) is 5.59. The first-order valence-electron chi connectivity index (χ1n) is 9.23. The molecule has 3 nitrogen and oxygen atoms in total. The molecule has 0 bridgehead atoms. The van der Waals surface area contributed by atoms with Crippen molar-refractivity contribution in [3.05, 3.63) is 35.4 Å². The first-order chi connectivity index (χ1) is 12.0. The minimum absolute atomic E-state index is 0.126. The van der Waals surface area contributed by atoms with Gasteiger partial charge in [0.2, 0.25) is 0 Å². The summed E-state index contributed by atoms with van der Waals surface area (Å²) in [5, 5.41) is 9.41. The van der Waals surface area contributed by atoms with Gasteiger partial charge in [0, 0.05) is 44.9 Å². The number of aliphatic hydroxyl groups is 1. The lowest BCUT2D eigenvalue weighted by Gasteiger charge is -2.44. The Hall–Kier alpha value is -1.11. The number of nitrogens with zero attached hydrogens (tertiary/aromatic N) is 2. The van der Waals surface area contributed by atoms with Gasteiger partial charge in [-0.25, -0.2) is 0 Å². The number of alkyl halides is 3. The van der Waals surface area contributed by atoms with Gasteiger partial charge in [0.25, 0.3) is 0 Å². The molecule has 6 heteroatoms. The molecule has 0 radical (unpaired) electrons. The fourth-order valence-electron chi connectivity index (χ4n) is 4.38. The zero-order valence-corrected chi connectivity index (χ0v) is 14.5. The monoisotopic (exact) mass is 356 g/mol. The number of aliphatic hydroxyl groups excluding tert-OH is 1. The molecule has 2 aliphatic rings. The van der Waals surface area contributed by atoms with Gasteiger partial charge in [0.1, 0.15) is 0 Å². The lowest BCUT2D eigenvalue weighted by Crippen LogP contribution is -2.56. The predicted octanol–water partition coefficient (Wildman–Crippen LogP) is 3.52. The normalized spacial score (nSPS) is 24.1. The number of rotatable bonds is 5. The predicted molar refractivity (Wildman–Crippen MR) is 91.2 cm³/mol. The lowest BCUT2D eigenvalue weighted by atomic mass is 10.0. The average molecular weight is 356 g/mol. The van der Waals surface area contributed by atoms with Crippen LogP contribution in [0.25, 0.3) is 0 Å². The summed E-state index contributed by atoms with van der Waals surface area (Å²) < 4.78 is 39.6. The zero-order chi connectivity index (χ0) is 17.9. The van der Waals surface area contributed by atoms with Crippen LogP contribution in [0, 0.1) is 0 Å². The molecule has 0 unspecified atom stereocenters. The van der Waals surface area contributed by atoms with Crippen molar-refractivity contribution in [2.45, 2.75) is 56.9 Å². The third kappa shape index (κ3) is 4.54. The van der Waals surface area contributed by atoms with Gasteiger partial charge in [-0.3, -0.25) is 9.80 Å². The Morgan fingerprint density at radius 1 is 1.08 bits per heavy atom. The molecule has 2 fully saturated rings. The summed E-state index contributed by atoms with van der Waals surface area (Å²) in [5.74, 6) is 0. The van der Waals surface area contributed by atoms with Crippen LogP contribution in [-0.4, -0.2) is 53.2 Å². The third-order valence-corrected chi connectivity index (χ3v) is 5.59. The SMILES string of the molecule is OCC[C@@H]1CN(Cc2ccccc2C(F)(F)F)CCN1C1CCCC1. The van der Waals surface area contributed by atoms with Crippen molar-refractivity contribution in [2.75, 3.05) is 26.2 Å². The molecule has 1 saturated heterocycles. The largest absolute Gasteiger partial charge is 0.416 e. The second-order valence-electron chi connectivity index (χ2n) is 7.23. The molecule has 1 aromatic rings. The topological polar surface area (TPSA) is 26.7 Å². The van der Waals surface area contributed by atoms with Crippen LogP contribution in [0.15, 0.2) is 24.3 Å². The number of benzene rings is 1. The van der Waals surface area contributed by atoms with E-state index in [0.29, 0.717) is 24.6 Å². The first kappa shape index (κ1) is 18.7. The van der Waals surface area contributed by atoms with Crippen molar-refractivity contribution in [1.82, 2.24) is 9.80 Å². The van der Waals surface area contributed by atoms with E-state index in [2.05, 4.69) is 9.80 Å². The molecule has 1 heterocycles. The first-order valence-corrected chi connectivity index (χ1v) is 9.23. The van der Waals surface area contributed by atoms with Crippen LogP contribution in [0.1, 0.15) is 43.2 Å². The number of piperazine rings is 1. The van der Waals surface area contributed by atoms with E-state index in [1.54, 1.807) is 12.1 Å². The zero-order valence-electron chi connectivity index (χ0n) is 14.5. The van der Waals surface area contributed by atoms with Crippen LogP contribution in [0.5, 0.6) is 0 Å². The average Bonchev–Trinajstić information content (AvgIpc) is 3.09. The van der Waals surface area contributed by atoms with Crippen molar-refractivity contribution < 1.29 is 18.3 Å². The Balaban J connectivity index is 1.69. The van der Waals surface area contributed by atoms with Gasteiger partial charge in [0.15, 0.2) is 0 Å². The van der Waals surface area contributed by atoms with E-state index < -0.39 is 11.7 Å². The van der Waals surface area contributed by atoms with E-state index in [-0.39, 0.29) is 12.6 Å². The Morgan fingerprint density at radius 3 is 2.48 bits per heavy atom. The van der Waals surface area contributed by atoms with Crippen molar-refractivity contribution in [2.24, 2.45) is 0 Å². The van der Waals surface area contributed by atoms with Crippen LogP contribution >= 0.6 is 0 Å². The highest BCUT2D eigenvalue weighted by atomic mass is 19.4. The van der Waals surface area contributed by atoms with Crippen LogP contribution < -0.4 is 0 Å². The van der Waals surface area contributed by atoms with E-state index >= 15 is 0 Å². The van der Waals surface area contributed by atoms with Gasteiger partial charge in [-0.05, 0) is 30.9 Å². The minimum Gasteiger partial charge on any atom is -0.396 e. The van der Waals surface area contributed by atoms with Gasteiger partial charge >= 0.3 is 6.18 Å². The van der Waals surface area contributed by atoms with Gasteiger partial charge in [-0.15, -0.1) is 0 Å². The molecule has 0 amide bonds. The maximum atomic E-state index is 13.2. The molecule has 1 saturated carbocycles. The van der Waals surface area contributed by atoms with Gasteiger partial charge in [-0.1, -0.05) is 31.0 Å². The second-order valence-corrected chi connectivity index (χ2v) is 7.23. The summed E-state index contributed by atoms with van der Waals surface area (Å²) in [5.41, 5.74) is -0.195. The van der Waals surface area contributed by atoms with Gasteiger partial charge < -0.3 is 5.11 Å². The van der Waals surface area contributed by atoms with Gasteiger partial charge in [0.05, 0.1) is 5.56 Å². The molecule has 1 aliphatic carbocycles. The maximum absolute atomic E-state index is 13.2. The summed E-state index contributed by atoms with van der Waals surface area (Å²) in [6, 6.07) is 6.67. The van der Waals surface area contributed by atoms with E-state index in [9.17, 15) is 18.3 Å². The molecule has 3 rings (SSSR count). The highest BCUT2D eigenvalue weighted by Crippen LogP contribution is 2.33. The number of hydrogen-bond donors (Lipinski definition) is 1. The Morgan fingerprint density at radius 2 is 1.80 bits per heavy atom. The Labute approximate surface area is 147 Å². The Bertz CT molecular complexity index is 558. The summed E-state index contributed by atoms with van der Waals surface area (Å²) in [6.07, 6.45) is 1.31. The maximum Gasteiger partial charge on any atom is 0.416 e. The molecule has 1 atom stereocenters. The minimum atomic E-state index is -4.31. The van der Waals surface area contributed by atoms with Crippen LogP contribution in [0.4, 0.5) is 13.2 Å². The van der Waals surface area contributed by atoms with Crippen molar-refractivity contribution in [1.29, 1.82) is 0 Å². The molecule has 0 spiro atoms. The number of halogens is 3. The van der Waals surface area contributed by atoms with E-state index in [0.717, 1.165) is 25.7 Å². The van der Waals surface area contributed by atoms with Crippen LogP contribution in [0.3, 0.4) is 0 Å². The second kappa shape index (κ2) is 8.06. The molecular formula is C19H27F3N2O.